The van der Waals surface area contributed by atoms with Gasteiger partial charge in [-0.1, -0.05) is 25.1 Å². The topological polar surface area (TPSA) is 43.4 Å². The molecule has 0 amide bonds. The lowest BCUT2D eigenvalue weighted by Gasteiger charge is -2.33. The standard InChI is InChI=1S/C19H20O3/c1-12(20)11-19(2)9-8-16-15-7-5-14(22-3)10-13(15)4-6-17(16)18(19)21/h4-7,10H,8-9,11H2,1-3H3. The summed E-state index contributed by atoms with van der Waals surface area (Å²) >= 11 is 0. The van der Waals surface area contributed by atoms with E-state index in [0.29, 0.717) is 6.42 Å². The second-order valence-corrected chi connectivity index (χ2v) is 6.45. The minimum absolute atomic E-state index is 0.0739. The fraction of sp³-hybridized carbons (Fsp3) is 0.368. The van der Waals surface area contributed by atoms with Gasteiger partial charge in [0.1, 0.15) is 11.5 Å². The Morgan fingerprint density at radius 2 is 2.05 bits per heavy atom. The SMILES string of the molecule is COc1ccc2c3c(ccc2c1)C(=O)C(C)(CC(C)=O)CC3. The van der Waals surface area contributed by atoms with Gasteiger partial charge in [0, 0.05) is 17.4 Å². The van der Waals surface area contributed by atoms with Gasteiger partial charge in [0.25, 0.3) is 0 Å². The Kier molecular flexibility index (Phi) is 3.51. The fourth-order valence-corrected chi connectivity index (χ4v) is 3.54. The number of ketones is 2. The average molecular weight is 296 g/mol. The average Bonchev–Trinajstić information content (AvgIpc) is 2.49. The zero-order valence-electron chi connectivity index (χ0n) is 13.2. The molecule has 1 unspecified atom stereocenters. The summed E-state index contributed by atoms with van der Waals surface area (Å²) in [5, 5.41) is 2.19. The monoisotopic (exact) mass is 296 g/mol. The number of rotatable bonds is 3. The molecule has 0 spiro atoms. The van der Waals surface area contributed by atoms with Gasteiger partial charge in [0.05, 0.1) is 7.11 Å². The fourth-order valence-electron chi connectivity index (χ4n) is 3.54. The highest BCUT2D eigenvalue weighted by molar-refractivity contribution is 6.08. The molecule has 0 radical (unpaired) electrons. The van der Waals surface area contributed by atoms with E-state index in [2.05, 4.69) is 0 Å². The van der Waals surface area contributed by atoms with Crippen molar-refractivity contribution in [1.82, 2.24) is 0 Å². The highest BCUT2D eigenvalue weighted by Crippen LogP contribution is 2.40. The highest BCUT2D eigenvalue weighted by atomic mass is 16.5. The van der Waals surface area contributed by atoms with Gasteiger partial charge in [-0.3, -0.25) is 9.59 Å². The molecule has 22 heavy (non-hydrogen) atoms. The smallest absolute Gasteiger partial charge is 0.169 e. The molecule has 3 rings (SSSR count). The van der Waals surface area contributed by atoms with Gasteiger partial charge >= 0.3 is 0 Å². The van der Waals surface area contributed by atoms with E-state index in [-0.39, 0.29) is 11.6 Å². The summed E-state index contributed by atoms with van der Waals surface area (Å²) in [5.74, 6) is 0.988. The summed E-state index contributed by atoms with van der Waals surface area (Å²) in [5.41, 5.74) is 1.32. The number of carbonyl (C=O) groups excluding carboxylic acids is 2. The third kappa shape index (κ3) is 2.31. The molecule has 0 fully saturated rings. The van der Waals surface area contributed by atoms with E-state index in [0.717, 1.165) is 40.5 Å². The van der Waals surface area contributed by atoms with Crippen LogP contribution in [0.2, 0.25) is 0 Å². The van der Waals surface area contributed by atoms with Crippen molar-refractivity contribution in [2.75, 3.05) is 7.11 Å². The molecule has 0 N–H and O–H groups in total. The molecule has 0 aliphatic heterocycles. The summed E-state index contributed by atoms with van der Waals surface area (Å²) < 4.78 is 5.26. The highest BCUT2D eigenvalue weighted by Gasteiger charge is 2.39. The van der Waals surface area contributed by atoms with Gasteiger partial charge in [-0.15, -0.1) is 0 Å². The molecule has 3 heteroatoms. The predicted octanol–water partition coefficient (Wildman–Crippen LogP) is 3.96. The van der Waals surface area contributed by atoms with E-state index in [1.807, 2.05) is 37.3 Å². The van der Waals surface area contributed by atoms with Crippen LogP contribution in [0.25, 0.3) is 10.8 Å². The molecule has 3 nitrogen and oxygen atoms in total. The first-order valence-corrected chi connectivity index (χ1v) is 7.58. The van der Waals surface area contributed by atoms with E-state index < -0.39 is 5.41 Å². The van der Waals surface area contributed by atoms with E-state index in [1.165, 1.54) is 0 Å². The molecule has 114 valence electrons. The molecule has 1 aliphatic carbocycles. The third-order valence-corrected chi connectivity index (χ3v) is 4.70. The Morgan fingerprint density at radius 1 is 1.27 bits per heavy atom. The molecule has 2 aromatic carbocycles. The summed E-state index contributed by atoms with van der Waals surface area (Å²) in [6, 6.07) is 9.80. The van der Waals surface area contributed by atoms with Crippen LogP contribution in [0.1, 0.15) is 42.6 Å². The number of methoxy groups -OCH3 is 1. The molecule has 1 aliphatic rings. The van der Waals surface area contributed by atoms with Gasteiger partial charge in [0.2, 0.25) is 0 Å². The van der Waals surface area contributed by atoms with E-state index in [4.69, 9.17) is 4.74 Å². The summed E-state index contributed by atoms with van der Waals surface area (Å²) in [7, 11) is 1.65. The summed E-state index contributed by atoms with van der Waals surface area (Å²) in [6.45, 7) is 3.47. The van der Waals surface area contributed by atoms with Gasteiger partial charge in [0.15, 0.2) is 5.78 Å². The zero-order valence-corrected chi connectivity index (χ0v) is 13.2. The van der Waals surface area contributed by atoms with Gasteiger partial charge in [-0.05, 0) is 48.2 Å². The second-order valence-electron chi connectivity index (χ2n) is 6.45. The molecule has 1 atom stereocenters. The third-order valence-electron chi connectivity index (χ3n) is 4.70. The lowest BCUT2D eigenvalue weighted by molar-refractivity contribution is -0.118. The first-order chi connectivity index (χ1) is 10.4. The lowest BCUT2D eigenvalue weighted by atomic mass is 9.68. The molecular formula is C19H20O3. The van der Waals surface area contributed by atoms with Gasteiger partial charge in [-0.2, -0.15) is 0 Å². The summed E-state index contributed by atoms with van der Waals surface area (Å²) in [6.07, 6.45) is 1.88. The molecule has 0 bridgehead atoms. The van der Waals surface area contributed by atoms with Crippen molar-refractivity contribution >= 4 is 22.3 Å². The van der Waals surface area contributed by atoms with Gasteiger partial charge < -0.3 is 4.74 Å². The minimum atomic E-state index is -0.557. The van der Waals surface area contributed by atoms with Crippen molar-refractivity contribution in [2.45, 2.75) is 33.1 Å². The minimum Gasteiger partial charge on any atom is -0.497 e. The van der Waals surface area contributed by atoms with E-state index >= 15 is 0 Å². The maximum Gasteiger partial charge on any atom is 0.169 e. The van der Waals surface area contributed by atoms with Gasteiger partial charge in [-0.25, -0.2) is 0 Å². The number of Topliss-reactive ketones (excluding diaryl/α,β-unsaturated/α-hetero) is 2. The Morgan fingerprint density at radius 3 is 2.73 bits per heavy atom. The summed E-state index contributed by atoms with van der Waals surface area (Å²) in [4.78, 5) is 24.4. The second kappa shape index (κ2) is 5.24. The van der Waals surface area contributed by atoms with Crippen LogP contribution in [0.3, 0.4) is 0 Å². The van der Waals surface area contributed by atoms with Crippen molar-refractivity contribution in [3.05, 3.63) is 41.5 Å². The Balaban J connectivity index is 2.11. The van der Waals surface area contributed by atoms with Crippen molar-refractivity contribution in [2.24, 2.45) is 5.41 Å². The van der Waals surface area contributed by atoms with E-state index in [9.17, 15) is 9.59 Å². The number of fused-ring (bicyclic) bond motifs is 3. The van der Waals surface area contributed by atoms with Crippen LogP contribution in [-0.2, 0) is 11.2 Å². The Labute approximate surface area is 130 Å². The molecule has 0 aromatic heterocycles. The largest absolute Gasteiger partial charge is 0.497 e. The number of carbonyl (C=O) groups is 2. The van der Waals surface area contributed by atoms with Crippen LogP contribution in [-0.4, -0.2) is 18.7 Å². The molecular weight excluding hydrogens is 276 g/mol. The normalized spacial score (nSPS) is 20.8. The van der Waals surface area contributed by atoms with Crippen LogP contribution in [0, 0.1) is 5.41 Å². The van der Waals surface area contributed by atoms with Crippen LogP contribution in [0.15, 0.2) is 30.3 Å². The quantitative estimate of drug-likeness (QED) is 0.861. The first kappa shape index (κ1) is 14.8. The number of ether oxygens (including phenoxy) is 1. The van der Waals surface area contributed by atoms with Crippen LogP contribution in [0.5, 0.6) is 5.75 Å². The van der Waals surface area contributed by atoms with Crippen molar-refractivity contribution in [3.8, 4) is 5.75 Å². The van der Waals surface area contributed by atoms with Crippen molar-refractivity contribution < 1.29 is 14.3 Å². The number of aryl methyl sites for hydroxylation is 1. The van der Waals surface area contributed by atoms with Crippen molar-refractivity contribution in [1.29, 1.82) is 0 Å². The van der Waals surface area contributed by atoms with Crippen molar-refractivity contribution in [3.63, 3.8) is 0 Å². The number of hydrogen-bond acceptors (Lipinski definition) is 3. The first-order valence-electron chi connectivity index (χ1n) is 7.58. The van der Waals surface area contributed by atoms with Crippen LogP contribution >= 0.6 is 0 Å². The number of benzene rings is 2. The molecule has 0 heterocycles. The Bertz CT molecular complexity index is 776. The molecule has 0 saturated carbocycles. The van der Waals surface area contributed by atoms with Crippen LogP contribution in [0.4, 0.5) is 0 Å². The van der Waals surface area contributed by atoms with E-state index in [1.54, 1.807) is 14.0 Å². The maximum absolute atomic E-state index is 12.9. The number of hydrogen-bond donors (Lipinski definition) is 0. The molecule has 0 saturated heterocycles. The Hall–Kier alpha value is -2.16. The predicted molar refractivity (Wildman–Crippen MR) is 86.6 cm³/mol. The lowest BCUT2D eigenvalue weighted by Crippen LogP contribution is -2.35. The molecule has 2 aromatic rings. The van der Waals surface area contributed by atoms with Crippen LogP contribution < -0.4 is 4.74 Å². The zero-order chi connectivity index (χ0) is 15.9. The maximum atomic E-state index is 12.9.